The van der Waals surface area contributed by atoms with E-state index in [1.807, 2.05) is 62.0 Å². The Bertz CT molecular complexity index is 2090. The summed E-state index contributed by atoms with van der Waals surface area (Å²) in [7, 11) is 1.90. The fourth-order valence-electron chi connectivity index (χ4n) is 4.66. The number of nitrogens with one attached hydrogen (secondary N) is 2. The van der Waals surface area contributed by atoms with E-state index in [0.717, 1.165) is 16.9 Å². The van der Waals surface area contributed by atoms with E-state index in [9.17, 15) is 10.1 Å². The number of pyridine rings is 1. The smallest absolute Gasteiger partial charge is 0.248 e. The van der Waals surface area contributed by atoms with Crippen molar-refractivity contribution in [3.05, 3.63) is 96.5 Å². The summed E-state index contributed by atoms with van der Waals surface area (Å²) in [5.74, 6) is 1.15. The van der Waals surface area contributed by atoms with Crippen LogP contribution in [0.2, 0.25) is 0 Å². The number of fused-ring (bicyclic) bond motifs is 2. The van der Waals surface area contributed by atoms with Crippen LogP contribution >= 0.6 is 0 Å². The van der Waals surface area contributed by atoms with Crippen LogP contribution in [0.3, 0.4) is 0 Å². The van der Waals surface area contributed by atoms with Crippen molar-refractivity contribution in [2.24, 2.45) is 7.05 Å². The largest absolute Gasteiger partial charge is 0.492 e. The average Bonchev–Trinajstić information content (AvgIpc) is 3.66. The molecule has 0 fully saturated rings. The molecule has 44 heavy (non-hydrogen) atoms. The summed E-state index contributed by atoms with van der Waals surface area (Å²) in [4.78, 5) is 21.7. The first kappa shape index (κ1) is 27.9. The van der Waals surface area contributed by atoms with Gasteiger partial charge in [-0.05, 0) is 61.9 Å². The fourth-order valence-corrected chi connectivity index (χ4v) is 4.66. The molecule has 4 heterocycles. The van der Waals surface area contributed by atoms with Crippen molar-refractivity contribution < 1.29 is 14.3 Å². The fraction of sp³-hybridized carbons (Fsp3) is 0.125. The predicted molar refractivity (Wildman–Crippen MR) is 166 cm³/mol. The molecule has 0 saturated heterocycles. The second-order valence-electron chi connectivity index (χ2n) is 9.85. The maximum atomic E-state index is 12.9. The molecule has 0 radical (unpaired) electrons. The molecule has 12 nitrogen and oxygen atoms in total. The molecule has 0 aliphatic rings. The van der Waals surface area contributed by atoms with Crippen molar-refractivity contribution in [1.29, 1.82) is 5.26 Å². The summed E-state index contributed by atoms with van der Waals surface area (Å²) >= 11 is 0. The molecule has 4 aromatic heterocycles. The minimum atomic E-state index is -0.325. The van der Waals surface area contributed by atoms with Crippen LogP contribution in [0.25, 0.3) is 22.6 Å². The summed E-state index contributed by atoms with van der Waals surface area (Å²) in [5, 5.41) is 24.8. The Kier molecular flexibility index (Phi) is 7.58. The first-order chi connectivity index (χ1) is 21.4. The molecule has 218 valence electrons. The van der Waals surface area contributed by atoms with Crippen LogP contribution in [0.5, 0.6) is 17.4 Å². The Morgan fingerprint density at radius 1 is 1.11 bits per heavy atom. The third-order valence-electron chi connectivity index (χ3n) is 6.86. The number of nitriles is 1. The number of benzene rings is 2. The van der Waals surface area contributed by atoms with Gasteiger partial charge in [0.1, 0.15) is 30.2 Å². The number of nitrogens with zero attached hydrogens (tertiary/aromatic N) is 7. The molecule has 2 N–H and O–H groups in total. The molecule has 0 aliphatic carbocycles. The molecular weight excluding hydrogens is 558 g/mol. The zero-order chi connectivity index (χ0) is 30.6. The standard InChI is InChI=1S/C32H27N9O3/c1-4-43-28-14-25-24(13-26(28)38-30(42)10-8-23-6-5-11-40(23)3)32(21(16-33)17-34-25)37-22-7-9-27(20(2)12-22)44-31-15-29-39-36-19-41(29)18-35-31/h5-15,17-19H,4H2,1-3H3,(H,34,37)(H,38,42)/b10-8+. The highest BCUT2D eigenvalue weighted by Gasteiger charge is 2.16. The summed E-state index contributed by atoms with van der Waals surface area (Å²) < 4.78 is 15.4. The number of rotatable bonds is 9. The lowest BCUT2D eigenvalue weighted by atomic mass is 10.1. The van der Waals surface area contributed by atoms with Crippen LogP contribution in [-0.2, 0) is 11.8 Å². The van der Waals surface area contributed by atoms with Gasteiger partial charge in [-0.15, -0.1) is 10.2 Å². The number of hydrogen-bond acceptors (Lipinski definition) is 9. The number of ether oxygens (including phenoxy) is 2. The summed E-state index contributed by atoms with van der Waals surface area (Å²) in [6.07, 6.45) is 9.76. The van der Waals surface area contributed by atoms with E-state index in [-0.39, 0.29) is 5.91 Å². The van der Waals surface area contributed by atoms with Gasteiger partial charge in [-0.25, -0.2) is 4.98 Å². The van der Waals surface area contributed by atoms with Gasteiger partial charge in [0.25, 0.3) is 0 Å². The van der Waals surface area contributed by atoms with Crippen LogP contribution < -0.4 is 20.1 Å². The van der Waals surface area contributed by atoms with Gasteiger partial charge in [-0.2, -0.15) is 5.26 Å². The number of amides is 1. The van der Waals surface area contributed by atoms with E-state index < -0.39 is 0 Å². The van der Waals surface area contributed by atoms with E-state index in [1.165, 1.54) is 12.3 Å². The molecular formula is C32H27N9O3. The number of aryl methyl sites for hydroxylation is 2. The van der Waals surface area contributed by atoms with Gasteiger partial charge in [-0.3, -0.25) is 14.2 Å². The normalized spacial score (nSPS) is 11.1. The first-order valence-electron chi connectivity index (χ1n) is 13.7. The second-order valence-corrected chi connectivity index (χ2v) is 9.85. The highest BCUT2D eigenvalue weighted by molar-refractivity contribution is 6.06. The zero-order valence-corrected chi connectivity index (χ0v) is 24.1. The van der Waals surface area contributed by atoms with Gasteiger partial charge in [0.05, 0.1) is 29.1 Å². The zero-order valence-electron chi connectivity index (χ0n) is 24.1. The van der Waals surface area contributed by atoms with E-state index in [0.29, 0.717) is 57.5 Å². The van der Waals surface area contributed by atoms with Gasteiger partial charge in [0.15, 0.2) is 5.65 Å². The second kappa shape index (κ2) is 11.9. The van der Waals surface area contributed by atoms with Crippen molar-refractivity contribution in [3.63, 3.8) is 0 Å². The van der Waals surface area contributed by atoms with Gasteiger partial charge in [0.2, 0.25) is 11.8 Å². The SMILES string of the molecule is CCOc1cc2ncc(C#N)c(Nc3ccc(Oc4cc5nncn5cn4)c(C)c3)c2cc1NC(=O)/C=C/c1cccn1C. The lowest BCUT2D eigenvalue weighted by Crippen LogP contribution is -2.10. The van der Waals surface area contributed by atoms with Crippen molar-refractivity contribution in [3.8, 4) is 23.4 Å². The van der Waals surface area contributed by atoms with Gasteiger partial charge in [-0.1, -0.05) is 0 Å². The number of hydrogen-bond donors (Lipinski definition) is 2. The highest BCUT2D eigenvalue weighted by Crippen LogP contribution is 2.37. The van der Waals surface area contributed by atoms with Gasteiger partial charge >= 0.3 is 0 Å². The van der Waals surface area contributed by atoms with E-state index in [1.54, 1.807) is 41.3 Å². The Morgan fingerprint density at radius 2 is 2.00 bits per heavy atom. The molecule has 2 aromatic carbocycles. The quantitative estimate of drug-likeness (QED) is 0.202. The van der Waals surface area contributed by atoms with Crippen molar-refractivity contribution in [2.45, 2.75) is 13.8 Å². The topological polar surface area (TPSA) is 144 Å². The Hall–Kier alpha value is -6.22. The van der Waals surface area contributed by atoms with Crippen LogP contribution in [0.4, 0.5) is 17.1 Å². The molecule has 0 atom stereocenters. The molecule has 0 unspecified atom stereocenters. The van der Waals surface area contributed by atoms with Crippen LogP contribution in [0, 0.1) is 18.3 Å². The average molecular weight is 586 g/mol. The van der Waals surface area contributed by atoms with Crippen LogP contribution in [0.15, 0.2) is 79.7 Å². The monoisotopic (exact) mass is 585 g/mol. The summed E-state index contributed by atoms with van der Waals surface area (Å²) in [6.45, 7) is 4.17. The molecule has 0 bridgehead atoms. The van der Waals surface area contributed by atoms with Crippen molar-refractivity contribution >= 4 is 45.6 Å². The van der Waals surface area contributed by atoms with E-state index in [2.05, 4.69) is 36.9 Å². The van der Waals surface area contributed by atoms with Crippen LogP contribution in [0.1, 0.15) is 23.7 Å². The third kappa shape index (κ3) is 5.75. The molecule has 12 heteroatoms. The van der Waals surface area contributed by atoms with E-state index >= 15 is 0 Å². The molecule has 0 spiro atoms. The lowest BCUT2D eigenvalue weighted by molar-refractivity contribution is -0.111. The van der Waals surface area contributed by atoms with E-state index in [4.69, 9.17) is 9.47 Å². The number of anilines is 3. The maximum Gasteiger partial charge on any atom is 0.248 e. The minimum absolute atomic E-state index is 0.325. The predicted octanol–water partition coefficient (Wildman–Crippen LogP) is 5.78. The minimum Gasteiger partial charge on any atom is -0.492 e. The summed E-state index contributed by atoms with van der Waals surface area (Å²) in [5.41, 5.74) is 5.01. The van der Waals surface area contributed by atoms with Gasteiger partial charge in [0, 0.05) is 54.4 Å². The van der Waals surface area contributed by atoms with Crippen molar-refractivity contribution in [1.82, 2.24) is 29.1 Å². The third-order valence-corrected chi connectivity index (χ3v) is 6.86. The molecule has 6 rings (SSSR count). The molecule has 0 aliphatic heterocycles. The van der Waals surface area contributed by atoms with Crippen molar-refractivity contribution in [2.75, 3.05) is 17.2 Å². The van der Waals surface area contributed by atoms with Crippen LogP contribution in [-0.4, -0.2) is 41.6 Å². The number of carbonyl (C=O) groups excluding carboxylic acids is 1. The molecule has 0 saturated carbocycles. The Labute approximate surface area is 252 Å². The maximum absolute atomic E-state index is 12.9. The Balaban J connectivity index is 1.30. The number of aromatic nitrogens is 6. The highest BCUT2D eigenvalue weighted by atomic mass is 16.5. The first-order valence-corrected chi connectivity index (χ1v) is 13.7. The molecule has 1 amide bonds. The summed E-state index contributed by atoms with van der Waals surface area (Å²) in [6, 6.07) is 16.8. The molecule has 6 aromatic rings. The van der Waals surface area contributed by atoms with Gasteiger partial charge < -0.3 is 24.7 Å². The Morgan fingerprint density at radius 3 is 2.77 bits per heavy atom. The number of carbonyl (C=O) groups is 1. The lowest BCUT2D eigenvalue weighted by Gasteiger charge is -2.16.